The average Bonchev–Trinajstić information content (AvgIpc) is 3.29. The van der Waals surface area contributed by atoms with Crippen LogP contribution >= 0.6 is 11.8 Å². The normalized spacial score (nSPS) is 16.7. The van der Waals surface area contributed by atoms with Crippen molar-refractivity contribution >= 4 is 17.7 Å². The van der Waals surface area contributed by atoms with Gasteiger partial charge in [0.15, 0.2) is 0 Å². The highest BCUT2D eigenvalue weighted by Crippen LogP contribution is 2.20. The molecule has 0 radical (unpaired) electrons. The summed E-state index contributed by atoms with van der Waals surface area (Å²) in [4.78, 5) is 19.4. The van der Waals surface area contributed by atoms with Crippen molar-refractivity contribution in [3.05, 3.63) is 71.6 Å². The topological polar surface area (TPSA) is 71.3 Å². The number of aromatic nitrogens is 2. The first-order valence-corrected chi connectivity index (χ1v) is 12.3. The number of piperidine rings is 1. The maximum atomic E-state index is 12.7. The fourth-order valence-corrected chi connectivity index (χ4v) is 4.91. The minimum absolute atomic E-state index is 0.0154. The van der Waals surface area contributed by atoms with Crippen molar-refractivity contribution in [1.82, 2.24) is 20.4 Å². The molecule has 1 N–H and O–H groups in total. The number of aryl methyl sites for hydroxylation is 1. The summed E-state index contributed by atoms with van der Waals surface area (Å²) in [7, 11) is 0. The number of nitrogens with one attached hydrogen (secondary N) is 1. The number of carbonyl (C=O) groups is 1. The van der Waals surface area contributed by atoms with Crippen molar-refractivity contribution in [1.29, 1.82) is 0 Å². The number of rotatable bonds is 9. The van der Waals surface area contributed by atoms with Gasteiger partial charge in [-0.3, -0.25) is 9.69 Å². The SMILES string of the molecule is Cc1ccccc1CSCCNC(=O)C1CCCN(Cc2nc(-c3ccccc3)no2)C1. The number of amides is 1. The first-order valence-electron chi connectivity index (χ1n) is 11.2. The highest BCUT2D eigenvalue weighted by molar-refractivity contribution is 7.98. The predicted molar refractivity (Wildman–Crippen MR) is 128 cm³/mol. The van der Waals surface area contributed by atoms with Gasteiger partial charge >= 0.3 is 0 Å². The van der Waals surface area contributed by atoms with Crippen LogP contribution < -0.4 is 5.32 Å². The van der Waals surface area contributed by atoms with Gasteiger partial charge in [0.2, 0.25) is 17.6 Å². The van der Waals surface area contributed by atoms with Crippen molar-refractivity contribution in [3.63, 3.8) is 0 Å². The summed E-state index contributed by atoms with van der Waals surface area (Å²) in [5.41, 5.74) is 3.63. The molecule has 2 aromatic carbocycles. The van der Waals surface area contributed by atoms with E-state index in [2.05, 4.69) is 51.5 Å². The summed E-state index contributed by atoms with van der Waals surface area (Å²) >= 11 is 1.86. The Labute approximate surface area is 193 Å². The van der Waals surface area contributed by atoms with Gasteiger partial charge in [0.25, 0.3) is 0 Å². The van der Waals surface area contributed by atoms with E-state index in [-0.39, 0.29) is 11.8 Å². The fraction of sp³-hybridized carbons (Fsp3) is 0.400. The largest absolute Gasteiger partial charge is 0.355 e. The van der Waals surface area contributed by atoms with Gasteiger partial charge < -0.3 is 9.84 Å². The van der Waals surface area contributed by atoms with Gasteiger partial charge in [-0.05, 0) is 37.4 Å². The number of nitrogens with zero attached hydrogens (tertiary/aromatic N) is 3. The second-order valence-electron chi connectivity index (χ2n) is 8.22. The molecule has 6 nitrogen and oxygen atoms in total. The Balaban J connectivity index is 1.19. The van der Waals surface area contributed by atoms with Gasteiger partial charge in [0.05, 0.1) is 12.5 Å². The van der Waals surface area contributed by atoms with Gasteiger partial charge in [-0.25, -0.2) is 0 Å². The lowest BCUT2D eigenvalue weighted by Gasteiger charge is -2.30. The first-order chi connectivity index (χ1) is 15.7. The molecular formula is C25H30N4O2S. The van der Waals surface area contributed by atoms with Crippen LogP contribution in [0.15, 0.2) is 59.1 Å². The summed E-state index contributed by atoms with van der Waals surface area (Å²) in [5.74, 6) is 3.27. The second kappa shape index (κ2) is 11.3. The lowest BCUT2D eigenvalue weighted by molar-refractivity contribution is -0.126. The lowest BCUT2D eigenvalue weighted by Crippen LogP contribution is -2.43. The molecule has 0 spiro atoms. The number of hydrogen-bond acceptors (Lipinski definition) is 6. The molecule has 1 fully saturated rings. The second-order valence-corrected chi connectivity index (χ2v) is 9.33. The molecule has 3 aromatic rings. The van der Waals surface area contributed by atoms with Gasteiger partial charge in [0.1, 0.15) is 0 Å². The van der Waals surface area contributed by atoms with Gasteiger partial charge in [-0.1, -0.05) is 59.8 Å². The molecule has 32 heavy (non-hydrogen) atoms. The Kier molecular flexibility index (Phi) is 7.96. The zero-order valence-electron chi connectivity index (χ0n) is 18.5. The minimum atomic E-state index is 0.0154. The number of thioether (sulfide) groups is 1. The van der Waals surface area contributed by atoms with Gasteiger partial charge in [0, 0.05) is 30.2 Å². The Bertz CT molecular complexity index is 1010. The maximum absolute atomic E-state index is 12.7. The van der Waals surface area contributed by atoms with Crippen LogP contribution in [0.1, 0.15) is 29.9 Å². The molecule has 168 valence electrons. The molecule has 0 bridgehead atoms. The highest BCUT2D eigenvalue weighted by atomic mass is 32.2. The number of likely N-dealkylation sites (tertiary alicyclic amines) is 1. The van der Waals surface area contributed by atoms with Crippen molar-refractivity contribution < 1.29 is 9.32 Å². The van der Waals surface area contributed by atoms with E-state index in [1.54, 1.807) is 0 Å². The Morgan fingerprint density at radius 1 is 1.19 bits per heavy atom. The van der Waals surface area contributed by atoms with Crippen molar-refractivity contribution in [2.24, 2.45) is 5.92 Å². The van der Waals surface area contributed by atoms with E-state index in [1.807, 2.05) is 42.1 Å². The molecule has 1 aromatic heterocycles. The van der Waals surface area contributed by atoms with E-state index in [1.165, 1.54) is 11.1 Å². The molecule has 4 rings (SSSR count). The van der Waals surface area contributed by atoms with E-state index in [0.717, 1.165) is 43.0 Å². The average molecular weight is 451 g/mol. The lowest BCUT2D eigenvalue weighted by atomic mass is 9.97. The van der Waals surface area contributed by atoms with Crippen LogP contribution in [0.5, 0.6) is 0 Å². The molecule has 7 heteroatoms. The molecule has 0 aliphatic carbocycles. The molecule has 2 heterocycles. The van der Waals surface area contributed by atoms with E-state index >= 15 is 0 Å². The predicted octanol–water partition coefficient (Wildman–Crippen LogP) is 4.31. The maximum Gasteiger partial charge on any atom is 0.241 e. The number of carbonyl (C=O) groups excluding carboxylic acids is 1. The molecule has 1 amide bonds. The van der Waals surface area contributed by atoms with E-state index in [0.29, 0.717) is 24.8 Å². The van der Waals surface area contributed by atoms with E-state index in [4.69, 9.17) is 4.52 Å². The van der Waals surface area contributed by atoms with Crippen LogP contribution in [0.4, 0.5) is 0 Å². The van der Waals surface area contributed by atoms with Crippen LogP contribution in [0.3, 0.4) is 0 Å². The van der Waals surface area contributed by atoms with Crippen molar-refractivity contribution in [3.8, 4) is 11.4 Å². The summed E-state index contributed by atoms with van der Waals surface area (Å²) in [6.45, 7) is 5.10. The van der Waals surface area contributed by atoms with Gasteiger partial charge in [-0.15, -0.1) is 0 Å². The monoisotopic (exact) mass is 450 g/mol. The Morgan fingerprint density at radius 2 is 2.00 bits per heavy atom. The van der Waals surface area contributed by atoms with Crippen LogP contribution in [-0.4, -0.2) is 46.3 Å². The van der Waals surface area contributed by atoms with Crippen LogP contribution in [-0.2, 0) is 17.1 Å². The highest BCUT2D eigenvalue weighted by Gasteiger charge is 2.26. The summed E-state index contributed by atoms with van der Waals surface area (Å²) in [6.07, 6.45) is 1.93. The van der Waals surface area contributed by atoms with Crippen molar-refractivity contribution in [2.75, 3.05) is 25.4 Å². The Hall–Kier alpha value is -2.64. The Morgan fingerprint density at radius 3 is 2.84 bits per heavy atom. The molecule has 0 saturated carbocycles. The van der Waals surface area contributed by atoms with E-state index in [9.17, 15) is 4.79 Å². The smallest absolute Gasteiger partial charge is 0.241 e. The zero-order chi connectivity index (χ0) is 22.2. The van der Waals surface area contributed by atoms with Crippen LogP contribution in [0.25, 0.3) is 11.4 Å². The molecule has 1 aliphatic heterocycles. The summed E-state index contributed by atoms with van der Waals surface area (Å²) in [5, 5.41) is 7.22. The third-order valence-corrected chi connectivity index (χ3v) is 6.81. The minimum Gasteiger partial charge on any atom is -0.355 e. The molecule has 1 aliphatic rings. The first kappa shape index (κ1) is 22.6. The standard InChI is InChI=1S/C25H30N4O2S/c1-19-8-5-6-11-22(19)18-32-15-13-26-25(30)21-12-7-14-29(16-21)17-23-27-24(28-31-23)20-9-3-2-4-10-20/h2-6,8-11,21H,7,12-18H2,1H3,(H,26,30). The number of benzene rings is 2. The molecular weight excluding hydrogens is 420 g/mol. The molecule has 1 saturated heterocycles. The zero-order valence-corrected chi connectivity index (χ0v) is 19.3. The third kappa shape index (κ3) is 6.20. The van der Waals surface area contributed by atoms with Crippen LogP contribution in [0, 0.1) is 12.8 Å². The third-order valence-electron chi connectivity index (χ3n) is 5.80. The molecule has 1 atom stereocenters. The summed E-state index contributed by atoms with van der Waals surface area (Å²) in [6, 6.07) is 18.3. The van der Waals surface area contributed by atoms with E-state index < -0.39 is 0 Å². The molecule has 1 unspecified atom stereocenters. The van der Waals surface area contributed by atoms with Crippen molar-refractivity contribution in [2.45, 2.75) is 32.1 Å². The van der Waals surface area contributed by atoms with Crippen LogP contribution in [0.2, 0.25) is 0 Å². The van der Waals surface area contributed by atoms with Gasteiger partial charge in [-0.2, -0.15) is 16.7 Å². The number of hydrogen-bond donors (Lipinski definition) is 1. The quantitative estimate of drug-likeness (QED) is 0.490. The summed E-state index contributed by atoms with van der Waals surface area (Å²) < 4.78 is 5.45. The fourth-order valence-electron chi connectivity index (χ4n) is 3.97.